The minimum atomic E-state index is 0.0943. The molecule has 1 aromatic heterocycles. The lowest BCUT2D eigenvalue weighted by Gasteiger charge is -2.37. The molecule has 1 aliphatic rings. The third kappa shape index (κ3) is 2.56. The number of hydrogen-bond acceptors (Lipinski definition) is 3. The van der Waals surface area contributed by atoms with Gasteiger partial charge in [0, 0.05) is 32.4 Å². The Balaban J connectivity index is 2.00. The zero-order chi connectivity index (χ0) is 13.1. The van der Waals surface area contributed by atoms with Gasteiger partial charge in [-0.3, -0.25) is 9.48 Å². The fraction of sp³-hybridized carbons (Fsp3) is 0.692. The van der Waals surface area contributed by atoms with E-state index in [1.165, 1.54) is 0 Å². The molecule has 5 nitrogen and oxygen atoms in total. The highest BCUT2D eigenvalue weighted by molar-refractivity contribution is 5.92. The molecule has 1 fully saturated rings. The van der Waals surface area contributed by atoms with E-state index in [1.54, 1.807) is 16.9 Å². The van der Waals surface area contributed by atoms with Crippen LogP contribution in [0.15, 0.2) is 12.3 Å². The highest BCUT2D eigenvalue weighted by Crippen LogP contribution is 2.18. The topological polar surface area (TPSA) is 50.2 Å². The van der Waals surface area contributed by atoms with Crippen LogP contribution in [0, 0.1) is 5.92 Å². The number of amides is 1. The molecular weight excluding hydrogens is 228 g/mol. The van der Waals surface area contributed by atoms with Gasteiger partial charge in [-0.05, 0) is 24.9 Å². The van der Waals surface area contributed by atoms with Crippen molar-refractivity contribution in [1.29, 1.82) is 0 Å². The van der Waals surface area contributed by atoms with Gasteiger partial charge in [0.1, 0.15) is 5.69 Å². The van der Waals surface area contributed by atoms with Gasteiger partial charge in [0.15, 0.2) is 0 Å². The predicted molar refractivity (Wildman–Crippen MR) is 70.4 cm³/mol. The summed E-state index contributed by atoms with van der Waals surface area (Å²) in [6, 6.07) is 2.31. The Kier molecular flexibility index (Phi) is 4.01. The number of aromatic nitrogens is 2. The zero-order valence-electron chi connectivity index (χ0n) is 11.4. The van der Waals surface area contributed by atoms with Gasteiger partial charge in [-0.25, -0.2) is 0 Å². The Bertz CT molecular complexity index is 415. The molecule has 1 amide bonds. The van der Waals surface area contributed by atoms with Crippen molar-refractivity contribution in [3.63, 3.8) is 0 Å². The second-order valence-corrected chi connectivity index (χ2v) is 5.02. The molecule has 2 heterocycles. The summed E-state index contributed by atoms with van der Waals surface area (Å²) in [5.41, 5.74) is 0.670. The van der Waals surface area contributed by atoms with Crippen molar-refractivity contribution >= 4 is 5.91 Å². The molecule has 0 radical (unpaired) electrons. The average molecular weight is 250 g/mol. The number of likely N-dealkylation sites (tertiary alicyclic amines) is 1. The number of carbonyl (C=O) groups excluding carboxylic acids is 1. The number of nitrogens with one attached hydrogen (secondary N) is 1. The summed E-state index contributed by atoms with van der Waals surface area (Å²) in [7, 11) is 1.81. The molecule has 2 unspecified atom stereocenters. The molecule has 0 aliphatic carbocycles. The van der Waals surface area contributed by atoms with Crippen LogP contribution in [-0.4, -0.2) is 46.3 Å². The second kappa shape index (κ2) is 5.52. The molecule has 0 aromatic carbocycles. The van der Waals surface area contributed by atoms with Crippen LogP contribution >= 0.6 is 0 Å². The Morgan fingerprint density at radius 2 is 2.39 bits per heavy atom. The Morgan fingerprint density at radius 3 is 2.94 bits per heavy atom. The van der Waals surface area contributed by atoms with Crippen molar-refractivity contribution in [3.8, 4) is 0 Å². The third-order valence-electron chi connectivity index (χ3n) is 3.70. The molecule has 1 aliphatic heterocycles. The van der Waals surface area contributed by atoms with E-state index >= 15 is 0 Å². The summed E-state index contributed by atoms with van der Waals surface area (Å²) in [4.78, 5) is 14.3. The van der Waals surface area contributed by atoms with Gasteiger partial charge in [-0.1, -0.05) is 13.8 Å². The maximum atomic E-state index is 12.3. The fourth-order valence-electron chi connectivity index (χ4n) is 2.64. The maximum absolute atomic E-state index is 12.3. The van der Waals surface area contributed by atoms with E-state index in [-0.39, 0.29) is 5.91 Å². The van der Waals surface area contributed by atoms with Crippen LogP contribution in [0.2, 0.25) is 0 Å². The van der Waals surface area contributed by atoms with Crippen LogP contribution in [0.4, 0.5) is 0 Å². The molecule has 0 bridgehead atoms. The van der Waals surface area contributed by atoms with Crippen LogP contribution in [0.1, 0.15) is 30.8 Å². The van der Waals surface area contributed by atoms with Crippen molar-refractivity contribution in [1.82, 2.24) is 20.0 Å². The molecule has 1 saturated heterocycles. The number of piperidine rings is 1. The van der Waals surface area contributed by atoms with Gasteiger partial charge in [-0.2, -0.15) is 5.10 Å². The largest absolute Gasteiger partial charge is 0.337 e. The van der Waals surface area contributed by atoms with Crippen molar-refractivity contribution in [2.75, 3.05) is 19.6 Å². The van der Waals surface area contributed by atoms with Gasteiger partial charge in [0.2, 0.25) is 0 Å². The molecule has 100 valence electrons. The minimum absolute atomic E-state index is 0.0943. The number of nitrogens with zero attached hydrogens (tertiary/aromatic N) is 3. The summed E-state index contributed by atoms with van der Waals surface area (Å²) in [6.07, 6.45) is 2.70. The van der Waals surface area contributed by atoms with E-state index in [2.05, 4.69) is 24.3 Å². The standard InChI is InChI=1S/C13H22N4O/c1-4-14-11-6-8-17(9-10(11)2)13(18)12-5-7-15-16(12)3/h5,7,10-11,14H,4,6,8-9H2,1-3H3. The fourth-order valence-corrected chi connectivity index (χ4v) is 2.64. The highest BCUT2D eigenvalue weighted by Gasteiger charge is 2.29. The molecule has 1 N–H and O–H groups in total. The molecule has 0 spiro atoms. The van der Waals surface area contributed by atoms with Gasteiger partial charge in [0.05, 0.1) is 0 Å². The summed E-state index contributed by atoms with van der Waals surface area (Å²) in [6.45, 7) is 6.97. The summed E-state index contributed by atoms with van der Waals surface area (Å²) >= 11 is 0. The third-order valence-corrected chi connectivity index (χ3v) is 3.70. The highest BCUT2D eigenvalue weighted by atomic mass is 16.2. The monoisotopic (exact) mass is 250 g/mol. The van der Waals surface area contributed by atoms with Crippen molar-refractivity contribution in [2.45, 2.75) is 26.3 Å². The molecule has 18 heavy (non-hydrogen) atoms. The predicted octanol–water partition coefficient (Wildman–Crippen LogP) is 0.880. The van der Waals surface area contributed by atoms with E-state index in [0.717, 1.165) is 26.1 Å². The smallest absolute Gasteiger partial charge is 0.272 e. The zero-order valence-corrected chi connectivity index (χ0v) is 11.4. The van der Waals surface area contributed by atoms with Crippen molar-refractivity contribution in [3.05, 3.63) is 18.0 Å². The van der Waals surface area contributed by atoms with E-state index in [9.17, 15) is 4.79 Å². The van der Waals surface area contributed by atoms with Crippen LogP contribution in [-0.2, 0) is 7.05 Å². The number of hydrogen-bond donors (Lipinski definition) is 1. The van der Waals surface area contributed by atoms with Crippen LogP contribution in [0.25, 0.3) is 0 Å². The molecule has 2 atom stereocenters. The first kappa shape index (κ1) is 13.1. The Labute approximate surface area is 108 Å². The van der Waals surface area contributed by atoms with Gasteiger partial charge >= 0.3 is 0 Å². The maximum Gasteiger partial charge on any atom is 0.272 e. The SMILES string of the molecule is CCNC1CCN(C(=O)c2ccnn2C)CC1C. The van der Waals surface area contributed by atoms with Crippen molar-refractivity contribution in [2.24, 2.45) is 13.0 Å². The first-order chi connectivity index (χ1) is 8.63. The van der Waals surface area contributed by atoms with Gasteiger partial charge in [0.25, 0.3) is 5.91 Å². The molecular formula is C13H22N4O. The number of aryl methyl sites for hydroxylation is 1. The average Bonchev–Trinajstić information content (AvgIpc) is 2.77. The molecule has 1 aromatic rings. The van der Waals surface area contributed by atoms with Crippen LogP contribution in [0.3, 0.4) is 0 Å². The lowest BCUT2D eigenvalue weighted by atomic mass is 9.93. The first-order valence-corrected chi connectivity index (χ1v) is 6.64. The van der Waals surface area contributed by atoms with Gasteiger partial charge in [-0.15, -0.1) is 0 Å². The van der Waals surface area contributed by atoms with E-state index < -0.39 is 0 Å². The number of rotatable bonds is 3. The minimum Gasteiger partial charge on any atom is -0.337 e. The second-order valence-electron chi connectivity index (χ2n) is 5.02. The van der Waals surface area contributed by atoms with Gasteiger partial charge < -0.3 is 10.2 Å². The Morgan fingerprint density at radius 1 is 1.61 bits per heavy atom. The van der Waals surface area contributed by atoms with E-state index in [4.69, 9.17) is 0 Å². The lowest BCUT2D eigenvalue weighted by Crippen LogP contribution is -2.50. The summed E-state index contributed by atoms with van der Waals surface area (Å²) in [5.74, 6) is 0.590. The normalized spacial score (nSPS) is 24.3. The lowest BCUT2D eigenvalue weighted by molar-refractivity contribution is 0.0635. The first-order valence-electron chi connectivity index (χ1n) is 6.64. The summed E-state index contributed by atoms with van der Waals surface area (Å²) < 4.78 is 1.64. The molecule has 0 saturated carbocycles. The summed E-state index contributed by atoms with van der Waals surface area (Å²) in [5, 5.41) is 7.54. The molecule has 2 rings (SSSR count). The van der Waals surface area contributed by atoms with Crippen LogP contribution < -0.4 is 5.32 Å². The van der Waals surface area contributed by atoms with Crippen LogP contribution in [0.5, 0.6) is 0 Å². The Hall–Kier alpha value is -1.36. The van der Waals surface area contributed by atoms with Crippen molar-refractivity contribution < 1.29 is 4.79 Å². The van der Waals surface area contributed by atoms with E-state index in [1.807, 2.05) is 11.9 Å². The quantitative estimate of drug-likeness (QED) is 0.866. The van der Waals surface area contributed by atoms with E-state index in [0.29, 0.717) is 17.7 Å². The molecule has 5 heteroatoms. The number of carbonyl (C=O) groups is 1.